The molecule has 2 aromatic carbocycles. The van der Waals surface area contributed by atoms with Crippen molar-refractivity contribution in [2.75, 3.05) is 5.32 Å². The molecule has 1 aromatic heterocycles. The number of benzene rings is 2. The van der Waals surface area contributed by atoms with Crippen LogP contribution in [0.2, 0.25) is 5.02 Å². The third-order valence-electron chi connectivity index (χ3n) is 3.09. The minimum Gasteiger partial charge on any atom is -0.378 e. The molecule has 0 spiro atoms. The summed E-state index contributed by atoms with van der Waals surface area (Å²) in [6, 6.07) is 17.7. The number of hydrogen-bond acceptors (Lipinski definition) is 3. The third-order valence-corrected chi connectivity index (χ3v) is 3.35. The van der Waals surface area contributed by atoms with Crippen molar-refractivity contribution in [3.05, 3.63) is 77.6 Å². The summed E-state index contributed by atoms with van der Waals surface area (Å²) in [5.41, 5.74) is 3.07. The maximum atomic E-state index is 5.86. The van der Waals surface area contributed by atoms with Crippen molar-refractivity contribution < 1.29 is 0 Å². The van der Waals surface area contributed by atoms with E-state index in [9.17, 15) is 0 Å². The first-order chi connectivity index (χ1) is 10.3. The SMILES string of the molecule is Clc1ccc(CNc2cnc(-c3ccccc3)nc2)cc1. The van der Waals surface area contributed by atoms with E-state index in [0.29, 0.717) is 6.54 Å². The molecule has 0 aliphatic rings. The van der Waals surface area contributed by atoms with E-state index in [1.165, 1.54) is 0 Å². The fourth-order valence-electron chi connectivity index (χ4n) is 1.96. The third kappa shape index (κ3) is 3.58. The van der Waals surface area contributed by atoms with E-state index in [1.807, 2.05) is 54.6 Å². The zero-order valence-electron chi connectivity index (χ0n) is 11.3. The van der Waals surface area contributed by atoms with Crippen LogP contribution in [0.15, 0.2) is 67.0 Å². The van der Waals surface area contributed by atoms with Gasteiger partial charge in [-0.15, -0.1) is 0 Å². The van der Waals surface area contributed by atoms with E-state index in [0.717, 1.165) is 27.7 Å². The topological polar surface area (TPSA) is 37.8 Å². The predicted molar refractivity (Wildman–Crippen MR) is 86.2 cm³/mol. The highest BCUT2D eigenvalue weighted by atomic mass is 35.5. The summed E-state index contributed by atoms with van der Waals surface area (Å²) in [7, 11) is 0. The Hall–Kier alpha value is -2.39. The second-order valence-corrected chi connectivity index (χ2v) is 5.08. The summed E-state index contributed by atoms with van der Waals surface area (Å²) >= 11 is 5.86. The molecule has 1 heterocycles. The Morgan fingerprint density at radius 1 is 0.857 bits per heavy atom. The number of nitrogens with zero attached hydrogens (tertiary/aromatic N) is 2. The van der Waals surface area contributed by atoms with Gasteiger partial charge in [0.15, 0.2) is 5.82 Å². The Labute approximate surface area is 128 Å². The Bertz CT molecular complexity index is 694. The van der Waals surface area contributed by atoms with E-state index in [1.54, 1.807) is 12.4 Å². The van der Waals surface area contributed by atoms with Gasteiger partial charge in [0.2, 0.25) is 0 Å². The maximum Gasteiger partial charge on any atom is 0.159 e. The van der Waals surface area contributed by atoms with Gasteiger partial charge < -0.3 is 5.32 Å². The molecule has 104 valence electrons. The number of nitrogens with one attached hydrogen (secondary N) is 1. The number of halogens is 1. The highest BCUT2D eigenvalue weighted by molar-refractivity contribution is 6.30. The van der Waals surface area contributed by atoms with Crippen molar-refractivity contribution >= 4 is 17.3 Å². The van der Waals surface area contributed by atoms with Gasteiger partial charge in [-0.25, -0.2) is 9.97 Å². The Kier molecular flexibility index (Phi) is 4.12. The zero-order chi connectivity index (χ0) is 14.5. The van der Waals surface area contributed by atoms with E-state index in [2.05, 4.69) is 15.3 Å². The lowest BCUT2D eigenvalue weighted by molar-refractivity contribution is 1.11. The van der Waals surface area contributed by atoms with Crippen LogP contribution < -0.4 is 5.32 Å². The molecule has 0 atom stereocenters. The first-order valence-electron chi connectivity index (χ1n) is 6.67. The van der Waals surface area contributed by atoms with Gasteiger partial charge in [-0.1, -0.05) is 54.1 Å². The molecule has 0 aliphatic carbocycles. The van der Waals surface area contributed by atoms with Crippen molar-refractivity contribution in [3.63, 3.8) is 0 Å². The largest absolute Gasteiger partial charge is 0.378 e. The lowest BCUT2D eigenvalue weighted by Crippen LogP contribution is -2.00. The quantitative estimate of drug-likeness (QED) is 0.775. The lowest BCUT2D eigenvalue weighted by atomic mass is 10.2. The minimum absolute atomic E-state index is 0.714. The first-order valence-corrected chi connectivity index (χ1v) is 7.05. The number of hydrogen-bond donors (Lipinski definition) is 1. The highest BCUT2D eigenvalue weighted by Gasteiger charge is 2.00. The molecule has 21 heavy (non-hydrogen) atoms. The van der Waals surface area contributed by atoms with Crippen molar-refractivity contribution in [3.8, 4) is 11.4 Å². The van der Waals surface area contributed by atoms with Crippen LogP contribution in [0.25, 0.3) is 11.4 Å². The van der Waals surface area contributed by atoms with E-state index >= 15 is 0 Å². The van der Waals surface area contributed by atoms with E-state index in [-0.39, 0.29) is 0 Å². The molecular formula is C17H14ClN3. The summed E-state index contributed by atoms with van der Waals surface area (Å²) in [6.07, 6.45) is 3.59. The maximum absolute atomic E-state index is 5.86. The molecule has 0 amide bonds. The van der Waals surface area contributed by atoms with Crippen LogP contribution in [0.5, 0.6) is 0 Å². The van der Waals surface area contributed by atoms with Crippen molar-refractivity contribution in [2.45, 2.75) is 6.54 Å². The number of aromatic nitrogens is 2. The highest BCUT2D eigenvalue weighted by Crippen LogP contribution is 2.15. The fourth-order valence-corrected chi connectivity index (χ4v) is 2.09. The molecular weight excluding hydrogens is 282 g/mol. The van der Waals surface area contributed by atoms with Crippen LogP contribution in [0.3, 0.4) is 0 Å². The van der Waals surface area contributed by atoms with E-state index < -0.39 is 0 Å². The molecule has 1 N–H and O–H groups in total. The van der Waals surface area contributed by atoms with Crippen molar-refractivity contribution in [2.24, 2.45) is 0 Å². The molecule has 0 saturated carbocycles. The molecule has 0 bridgehead atoms. The van der Waals surface area contributed by atoms with Crippen LogP contribution in [0.4, 0.5) is 5.69 Å². The Balaban J connectivity index is 1.66. The summed E-state index contributed by atoms with van der Waals surface area (Å²) < 4.78 is 0. The van der Waals surface area contributed by atoms with Gasteiger partial charge in [0.05, 0.1) is 18.1 Å². The van der Waals surface area contributed by atoms with Gasteiger partial charge in [0.1, 0.15) is 0 Å². The Morgan fingerprint density at radius 2 is 1.52 bits per heavy atom. The van der Waals surface area contributed by atoms with Gasteiger partial charge in [0, 0.05) is 17.1 Å². The van der Waals surface area contributed by atoms with Crippen molar-refractivity contribution in [1.29, 1.82) is 0 Å². The molecule has 4 heteroatoms. The first kappa shape index (κ1) is 13.6. The van der Waals surface area contributed by atoms with Gasteiger partial charge in [-0.05, 0) is 17.7 Å². The summed E-state index contributed by atoms with van der Waals surface area (Å²) in [6.45, 7) is 0.714. The molecule has 0 fully saturated rings. The van der Waals surface area contributed by atoms with Gasteiger partial charge in [0.25, 0.3) is 0 Å². The average Bonchev–Trinajstić information content (AvgIpc) is 2.56. The van der Waals surface area contributed by atoms with Crippen LogP contribution >= 0.6 is 11.6 Å². The lowest BCUT2D eigenvalue weighted by Gasteiger charge is -2.07. The summed E-state index contributed by atoms with van der Waals surface area (Å²) in [5, 5.41) is 4.04. The standard InChI is InChI=1S/C17H14ClN3/c18-15-8-6-13(7-9-15)10-19-16-11-20-17(21-12-16)14-4-2-1-3-5-14/h1-9,11-12,19H,10H2. The smallest absolute Gasteiger partial charge is 0.159 e. The van der Waals surface area contributed by atoms with Gasteiger partial charge in [-0.2, -0.15) is 0 Å². The van der Waals surface area contributed by atoms with Gasteiger partial charge >= 0.3 is 0 Å². The monoisotopic (exact) mass is 295 g/mol. The summed E-state index contributed by atoms with van der Waals surface area (Å²) in [4.78, 5) is 8.76. The molecule has 3 aromatic rings. The number of anilines is 1. The van der Waals surface area contributed by atoms with Gasteiger partial charge in [-0.3, -0.25) is 0 Å². The number of rotatable bonds is 4. The fraction of sp³-hybridized carbons (Fsp3) is 0.0588. The molecule has 3 rings (SSSR count). The molecule has 0 aliphatic heterocycles. The van der Waals surface area contributed by atoms with E-state index in [4.69, 9.17) is 11.6 Å². The summed E-state index contributed by atoms with van der Waals surface area (Å²) in [5.74, 6) is 0.729. The Morgan fingerprint density at radius 3 is 2.19 bits per heavy atom. The molecule has 0 radical (unpaired) electrons. The average molecular weight is 296 g/mol. The molecule has 0 unspecified atom stereocenters. The normalized spacial score (nSPS) is 10.3. The van der Waals surface area contributed by atoms with Crippen LogP contribution in [-0.4, -0.2) is 9.97 Å². The van der Waals surface area contributed by atoms with Crippen molar-refractivity contribution in [1.82, 2.24) is 9.97 Å². The second kappa shape index (κ2) is 6.37. The van der Waals surface area contributed by atoms with Crippen LogP contribution in [-0.2, 0) is 6.54 Å². The molecule has 3 nitrogen and oxygen atoms in total. The minimum atomic E-state index is 0.714. The second-order valence-electron chi connectivity index (χ2n) is 4.64. The zero-order valence-corrected chi connectivity index (χ0v) is 12.1. The van der Waals surface area contributed by atoms with Crippen LogP contribution in [0.1, 0.15) is 5.56 Å². The van der Waals surface area contributed by atoms with Crippen LogP contribution in [0, 0.1) is 0 Å². The molecule has 0 saturated heterocycles. The predicted octanol–water partition coefficient (Wildman–Crippen LogP) is 4.41.